The van der Waals surface area contributed by atoms with Crippen molar-refractivity contribution in [1.29, 1.82) is 5.26 Å². The van der Waals surface area contributed by atoms with E-state index in [4.69, 9.17) is 24.9 Å². The van der Waals surface area contributed by atoms with E-state index in [9.17, 15) is 14.9 Å². The van der Waals surface area contributed by atoms with E-state index in [0.29, 0.717) is 22.9 Å². The number of hydrogen-bond acceptors (Lipinski definition) is 9. The van der Waals surface area contributed by atoms with E-state index in [1.54, 1.807) is 14.0 Å². The monoisotopic (exact) mass is 539 g/mol. The van der Waals surface area contributed by atoms with Gasteiger partial charge in [0.15, 0.2) is 0 Å². The Labute approximate surface area is 229 Å². The Bertz CT molecular complexity index is 1660. The van der Waals surface area contributed by atoms with Gasteiger partial charge in [0.2, 0.25) is 0 Å². The SMILES string of the molecule is CCOC(=O)c1sc(N)c(C#N)c1COC(=O)c1c2c(nc3ccccc13)/C(=C\c1ccc(OC)cc1)CC2. The zero-order valence-electron chi connectivity index (χ0n) is 21.4. The number of allylic oxidation sites excluding steroid dienone is 1. The van der Waals surface area contributed by atoms with Crippen LogP contribution in [0.1, 0.15) is 61.3 Å². The molecule has 0 amide bonds. The molecular weight excluding hydrogens is 514 g/mol. The average molecular weight is 540 g/mol. The molecule has 4 aromatic rings. The second-order valence-electron chi connectivity index (χ2n) is 8.83. The number of hydrogen-bond donors (Lipinski definition) is 1. The number of fused-ring (bicyclic) bond motifs is 2. The Morgan fingerprint density at radius 3 is 2.59 bits per heavy atom. The number of methoxy groups -OCH3 is 1. The van der Waals surface area contributed by atoms with Crippen molar-refractivity contribution in [3.63, 3.8) is 0 Å². The molecule has 0 radical (unpaired) electrons. The van der Waals surface area contributed by atoms with Crippen molar-refractivity contribution >= 4 is 50.8 Å². The molecule has 2 aromatic carbocycles. The molecule has 0 spiro atoms. The predicted octanol–water partition coefficient (Wildman–Crippen LogP) is 5.78. The molecule has 2 N–H and O–H groups in total. The van der Waals surface area contributed by atoms with E-state index in [1.807, 2.05) is 54.6 Å². The first kappa shape index (κ1) is 25.9. The molecule has 39 heavy (non-hydrogen) atoms. The fourth-order valence-electron chi connectivity index (χ4n) is 4.73. The molecule has 196 valence electrons. The van der Waals surface area contributed by atoms with Gasteiger partial charge in [-0.25, -0.2) is 14.6 Å². The molecule has 0 saturated heterocycles. The van der Waals surface area contributed by atoms with Crippen LogP contribution < -0.4 is 10.5 Å². The quantitative estimate of drug-likeness (QED) is 0.293. The Kier molecular flexibility index (Phi) is 7.30. The van der Waals surface area contributed by atoms with Gasteiger partial charge in [-0.1, -0.05) is 30.3 Å². The third kappa shape index (κ3) is 4.94. The summed E-state index contributed by atoms with van der Waals surface area (Å²) in [5, 5.41) is 10.5. The van der Waals surface area contributed by atoms with E-state index >= 15 is 0 Å². The number of carbonyl (C=O) groups excluding carboxylic acids is 2. The number of nitrogens with zero attached hydrogens (tertiary/aromatic N) is 2. The minimum atomic E-state index is -0.606. The van der Waals surface area contributed by atoms with Crippen LogP contribution >= 0.6 is 11.3 Å². The van der Waals surface area contributed by atoms with Gasteiger partial charge >= 0.3 is 11.9 Å². The van der Waals surface area contributed by atoms with Crippen LogP contribution in [0.3, 0.4) is 0 Å². The zero-order valence-corrected chi connectivity index (χ0v) is 22.3. The lowest BCUT2D eigenvalue weighted by atomic mass is 10.0. The first-order chi connectivity index (χ1) is 18.9. The van der Waals surface area contributed by atoms with Crippen LogP contribution in [0.5, 0.6) is 5.75 Å². The van der Waals surface area contributed by atoms with Gasteiger partial charge in [0.25, 0.3) is 0 Å². The molecule has 2 aromatic heterocycles. The van der Waals surface area contributed by atoms with Gasteiger partial charge in [0.1, 0.15) is 28.3 Å². The summed E-state index contributed by atoms with van der Waals surface area (Å²) in [5.74, 6) is -0.388. The molecule has 0 atom stereocenters. The predicted molar refractivity (Wildman–Crippen MR) is 149 cm³/mol. The number of nitrogens with two attached hydrogens (primary N) is 1. The number of benzene rings is 2. The number of carbonyl (C=O) groups is 2. The summed E-state index contributed by atoms with van der Waals surface area (Å²) >= 11 is 0.951. The minimum Gasteiger partial charge on any atom is -0.497 e. The van der Waals surface area contributed by atoms with Crippen molar-refractivity contribution in [3.05, 3.63) is 86.9 Å². The van der Waals surface area contributed by atoms with Crippen molar-refractivity contribution in [2.75, 3.05) is 19.5 Å². The number of ether oxygens (including phenoxy) is 3. The van der Waals surface area contributed by atoms with E-state index in [2.05, 4.69) is 6.08 Å². The molecule has 2 heterocycles. The second-order valence-corrected chi connectivity index (χ2v) is 9.88. The molecule has 0 aliphatic heterocycles. The lowest BCUT2D eigenvalue weighted by Gasteiger charge is -2.13. The normalized spacial score (nSPS) is 13.2. The van der Waals surface area contributed by atoms with Crippen LogP contribution in [0.15, 0.2) is 48.5 Å². The van der Waals surface area contributed by atoms with Crippen LogP contribution in [0.25, 0.3) is 22.6 Å². The maximum Gasteiger partial charge on any atom is 0.348 e. The highest BCUT2D eigenvalue weighted by atomic mass is 32.1. The molecule has 0 fully saturated rings. The number of aromatic nitrogens is 1. The van der Waals surface area contributed by atoms with Gasteiger partial charge in [0, 0.05) is 10.9 Å². The van der Waals surface area contributed by atoms with Crippen LogP contribution in [0.2, 0.25) is 0 Å². The Hall–Kier alpha value is -4.68. The number of anilines is 1. The Morgan fingerprint density at radius 1 is 1.10 bits per heavy atom. The fourth-order valence-corrected chi connectivity index (χ4v) is 5.65. The van der Waals surface area contributed by atoms with Gasteiger partial charge in [-0.05, 0) is 60.7 Å². The first-order valence-electron chi connectivity index (χ1n) is 12.4. The maximum absolute atomic E-state index is 13.6. The van der Waals surface area contributed by atoms with Crippen LogP contribution in [0.4, 0.5) is 5.00 Å². The summed E-state index contributed by atoms with van der Waals surface area (Å²) in [6.45, 7) is 1.56. The number of thiophene rings is 1. The van der Waals surface area contributed by atoms with Gasteiger partial charge in [-0.3, -0.25) is 0 Å². The third-order valence-electron chi connectivity index (χ3n) is 6.56. The molecule has 0 unspecified atom stereocenters. The molecule has 1 aliphatic carbocycles. The molecule has 8 nitrogen and oxygen atoms in total. The number of pyridine rings is 1. The summed E-state index contributed by atoms with van der Waals surface area (Å²) in [7, 11) is 1.63. The van der Waals surface area contributed by atoms with Crippen LogP contribution in [0, 0.1) is 11.3 Å². The topological polar surface area (TPSA) is 125 Å². The molecule has 1 aliphatic rings. The maximum atomic E-state index is 13.6. The number of esters is 2. The summed E-state index contributed by atoms with van der Waals surface area (Å²) < 4.78 is 16.1. The van der Waals surface area contributed by atoms with Crippen molar-refractivity contribution in [1.82, 2.24) is 4.98 Å². The van der Waals surface area contributed by atoms with Crippen molar-refractivity contribution in [2.45, 2.75) is 26.4 Å². The highest BCUT2D eigenvalue weighted by Crippen LogP contribution is 2.38. The van der Waals surface area contributed by atoms with Gasteiger partial charge in [-0.15, -0.1) is 11.3 Å². The standard InChI is InChI=1S/C30H25N3O5S/c1-3-37-30(35)27-23(22(15-31)28(32)39-27)16-38-29(34)25-20-6-4-5-7-24(20)33-26-18(10-13-21(25)26)14-17-8-11-19(36-2)12-9-17/h4-9,11-12,14H,3,10,13,16,32H2,1-2H3/b18-14-. The number of para-hydroxylation sites is 1. The Balaban J connectivity index is 1.52. The summed E-state index contributed by atoms with van der Waals surface area (Å²) in [6, 6.07) is 17.2. The molecule has 0 bridgehead atoms. The third-order valence-corrected chi connectivity index (χ3v) is 7.60. The highest BCUT2D eigenvalue weighted by Gasteiger charge is 2.29. The molecule has 9 heteroatoms. The number of nitriles is 1. The van der Waals surface area contributed by atoms with Gasteiger partial charge < -0.3 is 19.9 Å². The lowest BCUT2D eigenvalue weighted by molar-refractivity contribution is 0.0453. The van der Waals surface area contributed by atoms with Gasteiger partial charge in [-0.2, -0.15) is 5.26 Å². The first-order valence-corrected chi connectivity index (χ1v) is 13.2. The van der Waals surface area contributed by atoms with Crippen molar-refractivity contribution in [3.8, 4) is 11.8 Å². The van der Waals surface area contributed by atoms with Crippen LogP contribution in [-0.4, -0.2) is 30.6 Å². The van der Waals surface area contributed by atoms with Gasteiger partial charge in [0.05, 0.1) is 36.1 Å². The summed E-state index contributed by atoms with van der Waals surface area (Å²) in [6.07, 6.45) is 3.42. The van der Waals surface area contributed by atoms with E-state index in [0.717, 1.165) is 45.9 Å². The second kappa shape index (κ2) is 11.0. The molecular formula is C30H25N3O5S. The number of nitrogen functional groups attached to an aromatic ring is 1. The largest absolute Gasteiger partial charge is 0.497 e. The summed E-state index contributed by atoms with van der Waals surface area (Å²) in [4.78, 5) is 31.2. The number of rotatable bonds is 7. The molecule has 5 rings (SSSR count). The summed E-state index contributed by atoms with van der Waals surface area (Å²) in [5.41, 5.74) is 11.1. The average Bonchev–Trinajstić information content (AvgIpc) is 3.50. The van der Waals surface area contributed by atoms with E-state index in [-0.39, 0.29) is 34.2 Å². The lowest BCUT2D eigenvalue weighted by Crippen LogP contribution is -2.12. The van der Waals surface area contributed by atoms with E-state index < -0.39 is 11.9 Å². The Morgan fingerprint density at radius 2 is 1.87 bits per heavy atom. The minimum absolute atomic E-state index is 0.116. The highest BCUT2D eigenvalue weighted by molar-refractivity contribution is 7.18. The van der Waals surface area contributed by atoms with Crippen molar-refractivity contribution < 1.29 is 23.8 Å². The zero-order chi connectivity index (χ0) is 27.5. The van der Waals surface area contributed by atoms with Crippen LogP contribution in [-0.2, 0) is 22.5 Å². The fraction of sp³-hybridized carbons (Fsp3) is 0.200. The molecule has 0 saturated carbocycles. The van der Waals surface area contributed by atoms with Crippen molar-refractivity contribution in [2.24, 2.45) is 0 Å². The smallest absolute Gasteiger partial charge is 0.348 e. The van der Waals surface area contributed by atoms with E-state index in [1.165, 1.54) is 0 Å².